The van der Waals surface area contributed by atoms with Crippen molar-refractivity contribution in [2.75, 3.05) is 19.8 Å². The van der Waals surface area contributed by atoms with Crippen molar-refractivity contribution in [2.45, 2.75) is 333 Å². The molecule has 0 aliphatic carbocycles. The Labute approximate surface area is 429 Å². The number of aliphatic hydroxyl groups excluding tert-OH is 5. The number of amides is 1. The highest BCUT2D eigenvalue weighted by atomic mass is 16.7. The van der Waals surface area contributed by atoms with Gasteiger partial charge >= 0.3 is 5.97 Å². The zero-order chi connectivity index (χ0) is 51.0. The van der Waals surface area contributed by atoms with Crippen molar-refractivity contribution >= 4 is 11.9 Å². The first-order valence-corrected chi connectivity index (χ1v) is 30.0. The highest BCUT2D eigenvalue weighted by Gasteiger charge is 2.44. The number of hydrogen-bond donors (Lipinski definition) is 6. The fourth-order valence-electron chi connectivity index (χ4n) is 9.61. The summed E-state index contributed by atoms with van der Waals surface area (Å²) in [6.45, 7) is 4.30. The summed E-state index contributed by atoms with van der Waals surface area (Å²) in [5.74, 6) is -0.205. The summed E-state index contributed by atoms with van der Waals surface area (Å²) < 4.78 is 16.7. The fourth-order valence-corrected chi connectivity index (χ4v) is 9.61. The summed E-state index contributed by atoms with van der Waals surface area (Å²) in [7, 11) is 0. The molecule has 1 fully saturated rings. The van der Waals surface area contributed by atoms with Gasteiger partial charge in [-0.15, -0.1) is 0 Å². The summed E-state index contributed by atoms with van der Waals surface area (Å²) in [5.41, 5.74) is 0. The molecule has 7 atom stereocenters. The largest absolute Gasteiger partial charge is 0.466 e. The van der Waals surface area contributed by atoms with Gasteiger partial charge in [-0.3, -0.25) is 9.59 Å². The summed E-state index contributed by atoms with van der Waals surface area (Å²) in [6.07, 6.45) is 47.4. The molecule has 0 saturated carbocycles. The van der Waals surface area contributed by atoms with Gasteiger partial charge in [-0.25, -0.2) is 0 Å². The van der Waals surface area contributed by atoms with Crippen LogP contribution in [0.15, 0.2) is 12.2 Å². The molecule has 1 aliphatic rings. The number of carbonyl (C=O) groups excluding carboxylic acids is 2. The van der Waals surface area contributed by atoms with Gasteiger partial charge in [0, 0.05) is 12.8 Å². The Morgan fingerprint density at radius 1 is 0.514 bits per heavy atom. The lowest BCUT2D eigenvalue weighted by molar-refractivity contribution is -0.302. The predicted octanol–water partition coefficient (Wildman–Crippen LogP) is 13.6. The van der Waals surface area contributed by atoms with Crippen molar-refractivity contribution in [2.24, 2.45) is 0 Å². The minimum absolute atomic E-state index is 0.0139. The first kappa shape index (κ1) is 66.4. The number of ether oxygens (including phenoxy) is 3. The number of allylic oxidation sites excluding steroid dienone is 1. The highest BCUT2D eigenvalue weighted by Crippen LogP contribution is 2.23. The van der Waals surface area contributed by atoms with Crippen LogP contribution in [0.25, 0.3) is 0 Å². The maximum Gasteiger partial charge on any atom is 0.305 e. The Morgan fingerprint density at radius 2 is 0.900 bits per heavy atom. The van der Waals surface area contributed by atoms with Gasteiger partial charge in [0.15, 0.2) is 6.29 Å². The van der Waals surface area contributed by atoms with E-state index in [1.807, 2.05) is 6.08 Å². The lowest BCUT2D eigenvalue weighted by Crippen LogP contribution is -2.60. The first-order valence-electron chi connectivity index (χ1n) is 30.0. The van der Waals surface area contributed by atoms with Crippen LogP contribution in [-0.4, -0.2) is 100 Å². The topological polar surface area (TPSA) is 175 Å². The van der Waals surface area contributed by atoms with Gasteiger partial charge in [0.25, 0.3) is 0 Å². The van der Waals surface area contributed by atoms with E-state index in [1.165, 1.54) is 193 Å². The van der Waals surface area contributed by atoms with E-state index < -0.39 is 49.5 Å². The van der Waals surface area contributed by atoms with Crippen molar-refractivity contribution in [3.63, 3.8) is 0 Å². The molecular formula is C59H113NO10. The summed E-state index contributed by atoms with van der Waals surface area (Å²) in [5, 5.41) is 54.2. The highest BCUT2D eigenvalue weighted by molar-refractivity contribution is 5.76. The Hall–Kier alpha value is -1.60. The van der Waals surface area contributed by atoms with E-state index in [2.05, 4.69) is 19.2 Å². The Kier molecular flexibility index (Phi) is 47.1. The van der Waals surface area contributed by atoms with Gasteiger partial charge < -0.3 is 45.1 Å². The molecule has 11 nitrogen and oxygen atoms in total. The molecule has 1 amide bonds. The van der Waals surface area contributed by atoms with Gasteiger partial charge in [0.05, 0.1) is 32.0 Å². The van der Waals surface area contributed by atoms with Crippen molar-refractivity contribution < 1.29 is 49.3 Å². The lowest BCUT2D eigenvalue weighted by atomic mass is 9.99. The quantitative estimate of drug-likeness (QED) is 0.0195. The number of nitrogens with one attached hydrogen (secondary N) is 1. The second-order valence-electron chi connectivity index (χ2n) is 21.1. The number of rotatable bonds is 52. The predicted molar refractivity (Wildman–Crippen MR) is 288 cm³/mol. The van der Waals surface area contributed by atoms with Crippen molar-refractivity contribution in [1.82, 2.24) is 5.32 Å². The van der Waals surface area contributed by atoms with Gasteiger partial charge in [-0.2, -0.15) is 0 Å². The zero-order valence-corrected chi connectivity index (χ0v) is 45.5. The number of hydrogen-bond acceptors (Lipinski definition) is 10. The SMILES string of the molecule is CCCCCCCCC/C=C/C(O)C(COC1OC(CO)C(O)C(O)C1O)NC(=O)CCCCCCCCCCCCCCCCCOC(=O)CCCCCCCCCCCCCCCCCCCC. The second kappa shape index (κ2) is 49.6. The van der Waals surface area contributed by atoms with Crippen LogP contribution in [0.5, 0.6) is 0 Å². The lowest BCUT2D eigenvalue weighted by Gasteiger charge is -2.40. The molecule has 0 aromatic carbocycles. The van der Waals surface area contributed by atoms with Crippen LogP contribution in [0.4, 0.5) is 0 Å². The molecule has 6 N–H and O–H groups in total. The number of esters is 1. The van der Waals surface area contributed by atoms with Crippen LogP contribution in [0, 0.1) is 0 Å². The van der Waals surface area contributed by atoms with E-state index in [-0.39, 0.29) is 18.5 Å². The summed E-state index contributed by atoms with van der Waals surface area (Å²) >= 11 is 0. The van der Waals surface area contributed by atoms with E-state index in [9.17, 15) is 35.1 Å². The second-order valence-corrected chi connectivity index (χ2v) is 21.1. The zero-order valence-electron chi connectivity index (χ0n) is 45.5. The van der Waals surface area contributed by atoms with Gasteiger partial charge in [0.1, 0.15) is 24.4 Å². The average Bonchev–Trinajstić information content (AvgIpc) is 3.36. The molecule has 414 valence electrons. The Bertz CT molecular complexity index is 1170. The third-order valence-corrected chi connectivity index (χ3v) is 14.4. The molecule has 7 unspecified atom stereocenters. The van der Waals surface area contributed by atoms with Crippen molar-refractivity contribution in [3.05, 3.63) is 12.2 Å². The monoisotopic (exact) mass is 996 g/mol. The van der Waals surface area contributed by atoms with Crippen LogP contribution < -0.4 is 5.32 Å². The van der Waals surface area contributed by atoms with E-state index in [0.717, 1.165) is 70.6 Å². The molecule has 1 heterocycles. The maximum atomic E-state index is 13.0. The third kappa shape index (κ3) is 38.9. The van der Waals surface area contributed by atoms with E-state index in [4.69, 9.17) is 14.2 Å². The van der Waals surface area contributed by atoms with Crippen LogP contribution in [-0.2, 0) is 23.8 Å². The van der Waals surface area contributed by atoms with E-state index in [1.54, 1.807) is 6.08 Å². The Balaban J connectivity index is 2.01. The maximum absolute atomic E-state index is 13.0. The van der Waals surface area contributed by atoms with E-state index >= 15 is 0 Å². The number of aliphatic hydroxyl groups is 5. The molecule has 0 radical (unpaired) electrons. The Morgan fingerprint density at radius 3 is 1.33 bits per heavy atom. The van der Waals surface area contributed by atoms with Gasteiger partial charge in [0.2, 0.25) is 5.91 Å². The molecule has 11 heteroatoms. The molecule has 1 aliphatic heterocycles. The van der Waals surface area contributed by atoms with Gasteiger partial charge in [-0.1, -0.05) is 257 Å². The van der Waals surface area contributed by atoms with E-state index in [0.29, 0.717) is 19.4 Å². The first-order chi connectivity index (χ1) is 34.2. The van der Waals surface area contributed by atoms with Gasteiger partial charge in [-0.05, 0) is 32.1 Å². The third-order valence-electron chi connectivity index (χ3n) is 14.4. The molecule has 1 rings (SSSR count). The smallest absolute Gasteiger partial charge is 0.305 e. The molecule has 0 bridgehead atoms. The molecule has 0 aromatic rings. The van der Waals surface area contributed by atoms with Crippen molar-refractivity contribution in [3.8, 4) is 0 Å². The molecular weight excluding hydrogens is 883 g/mol. The summed E-state index contributed by atoms with van der Waals surface area (Å²) in [6, 6.07) is -0.814. The molecule has 0 aromatic heterocycles. The van der Waals surface area contributed by atoms with Crippen LogP contribution in [0.1, 0.15) is 290 Å². The standard InChI is InChI=1S/C59H113NO10/c1-3-5-7-9-11-13-14-15-16-17-18-21-24-27-31-35-39-43-47-55(64)68-48-44-40-36-32-28-25-22-19-20-23-26-30-34-38-42-46-54(63)60-51(52(62)45-41-37-33-29-12-10-8-6-4-2)50-69-59-58(67)57(66)56(65)53(49-61)70-59/h41,45,51-53,56-59,61-62,65-67H,3-40,42-44,46-50H2,1-2H3,(H,60,63)/b45-41+. The molecule has 1 saturated heterocycles. The number of carbonyl (C=O) groups is 2. The number of unbranched alkanes of at least 4 members (excludes halogenated alkanes) is 38. The minimum Gasteiger partial charge on any atom is -0.466 e. The van der Waals surface area contributed by atoms with Crippen LogP contribution in [0.3, 0.4) is 0 Å². The van der Waals surface area contributed by atoms with Crippen LogP contribution in [0.2, 0.25) is 0 Å². The minimum atomic E-state index is -1.57. The van der Waals surface area contributed by atoms with Crippen molar-refractivity contribution in [1.29, 1.82) is 0 Å². The fraction of sp³-hybridized carbons (Fsp3) is 0.932. The molecule has 70 heavy (non-hydrogen) atoms. The summed E-state index contributed by atoms with van der Waals surface area (Å²) in [4.78, 5) is 25.1. The molecule has 0 spiro atoms. The average molecular weight is 997 g/mol. The normalized spacial score (nSPS) is 19.2. The van der Waals surface area contributed by atoms with Crippen LogP contribution >= 0.6 is 0 Å².